The molecule has 1 aromatic rings. The van der Waals surface area contributed by atoms with Gasteiger partial charge in [-0.3, -0.25) is 0 Å². The van der Waals surface area contributed by atoms with Crippen molar-refractivity contribution in [2.45, 2.75) is 71.2 Å². The predicted molar refractivity (Wildman–Crippen MR) is 84.2 cm³/mol. The van der Waals surface area contributed by atoms with Crippen LogP contribution in [0.25, 0.3) is 0 Å². The molecule has 0 radical (unpaired) electrons. The summed E-state index contributed by atoms with van der Waals surface area (Å²) >= 11 is 0. The summed E-state index contributed by atoms with van der Waals surface area (Å²) in [7, 11) is 0. The van der Waals surface area contributed by atoms with Gasteiger partial charge in [0.2, 0.25) is 0 Å². The smallest absolute Gasteiger partial charge is 0.404 e. The lowest BCUT2D eigenvalue weighted by Crippen LogP contribution is -2.35. The van der Waals surface area contributed by atoms with Crippen LogP contribution in [0.5, 0.6) is 5.75 Å². The highest BCUT2D eigenvalue weighted by molar-refractivity contribution is 5.57. The van der Waals surface area contributed by atoms with Gasteiger partial charge in [0.25, 0.3) is 0 Å². The van der Waals surface area contributed by atoms with Gasteiger partial charge in [-0.2, -0.15) is 0 Å². The average molecular weight is 317 g/mol. The van der Waals surface area contributed by atoms with Crippen LogP contribution in [0.4, 0.5) is 18.9 Å². The highest BCUT2D eigenvalue weighted by Crippen LogP contribution is 2.34. The molecule has 22 heavy (non-hydrogen) atoms. The van der Waals surface area contributed by atoms with Gasteiger partial charge < -0.3 is 10.1 Å². The van der Waals surface area contributed by atoms with Crippen LogP contribution in [0, 0.1) is 0 Å². The van der Waals surface area contributed by atoms with E-state index in [0.717, 1.165) is 38.5 Å². The van der Waals surface area contributed by atoms with Gasteiger partial charge >= 0.3 is 6.36 Å². The lowest BCUT2D eigenvalue weighted by atomic mass is 9.89. The lowest BCUT2D eigenvalue weighted by Gasteiger charge is -2.33. The SMILES string of the molecule is CCCCCC(C)(CCC)Nc1ccccc1OC(F)(F)F. The van der Waals surface area contributed by atoms with Crippen molar-refractivity contribution in [1.29, 1.82) is 0 Å². The molecule has 0 fully saturated rings. The number of alkyl halides is 3. The predicted octanol–water partition coefficient (Wildman–Crippen LogP) is 6.14. The maximum Gasteiger partial charge on any atom is 0.573 e. The lowest BCUT2D eigenvalue weighted by molar-refractivity contribution is -0.274. The highest BCUT2D eigenvalue weighted by Gasteiger charge is 2.33. The molecule has 0 bridgehead atoms. The summed E-state index contributed by atoms with van der Waals surface area (Å²) in [6, 6.07) is 6.23. The molecule has 0 saturated heterocycles. The molecule has 0 spiro atoms. The molecule has 5 heteroatoms. The van der Waals surface area contributed by atoms with E-state index in [4.69, 9.17) is 0 Å². The average Bonchev–Trinajstić information content (AvgIpc) is 2.40. The molecule has 1 unspecified atom stereocenters. The zero-order chi connectivity index (χ0) is 16.6. The van der Waals surface area contributed by atoms with Crippen molar-refractivity contribution in [1.82, 2.24) is 0 Å². The van der Waals surface area contributed by atoms with Crippen LogP contribution >= 0.6 is 0 Å². The van der Waals surface area contributed by atoms with E-state index in [1.807, 2.05) is 0 Å². The van der Waals surface area contributed by atoms with Gasteiger partial charge in [0, 0.05) is 5.54 Å². The second-order valence-electron chi connectivity index (χ2n) is 5.94. The van der Waals surface area contributed by atoms with E-state index in [2.05, 4.69) is 30.8 Å². The number of halogens is 3. The van der Waals surface area contributed by atoms with E-state index >= 15 is 0 Å². The first-order valence-corrected chi connectivity index (χ1v) is 7.92. The van der Waals surface area contributed by atoms with Crippen molar-refractivity contribution in [3.63, 3.8) is 0 Å². The van der Waals surface area contributed by atoms with Crippen molar-refractivity contribution in [3.05, 3.63) is 24.3 Å². The summed E-state index contributed by atoms with van der Waals surface area (Å²) in [6.45, 7) is 6.28. The Morgan fingerprint density at radius 2 is 1.68 bits per heavy atom. The van der Waals surface area contributed by atoms with Crippen LogP contribution < -0.4 is 10.1 Å². The Balaban J connectivity index is 2.88. The molecule has 0 saturated carbocycles. The summed E-state index contributed by atoms with van der Waals surface area (Å²) in [4.78, 5) is 0. The molecule has 0 aliphatic rings. The normalized spacial score (nSPS) is 14.5. The van der Waals surface area contributed by atoms with Gasteiger partial charge in [0.15, 0.2) is 5.75 Å². The Hall–Kier alpha value is -1.39. The molecule has 0 heterocycles. The first kappa shape index (κ1) is 18.7. The fraction of sp³-hybridized carbons (Fsp3) is 0.647. The highest BCUT2D eigenvalue weighted by atomic mass is 19.4. The number of para-hydroxylation sites is 2. The van der Waals surface area contributed by atoms with E-state index in [1.54, 1.807) is 18.2 Å². The molecule has 0 aliphatic heterocycles. The third-order valence-corrected chi connectivity index (χ3v) is 3.68. The maximum atomic E-state index is 12.5. The molecule has 1 aromatic carbocycles. The van der Waals surface area contributed by atoms with Gasteiger partial charge in [-0.15, -0.1) is 13.2 Å². The summed E-state index contributed by atoms with van der Waals surface area (Å²) in [6.07, 6.45) is 1.42. The third-order valence-electron chi connectivity index (χ3n) is 3.68. The molecule has 0 aromatic heterocycles. The monoisotopic (exact) mass is 317 g/mol. The fourth-order valence-electron chi connectivity index (χ4n) is 2.68. The van der Waals surface area contributed by atoms with Crippen LogP contribution in [0.15, 0.2) is 24.3 Å². The van der Waals surface area contributed by atoms with Gasteiger partial charge in [0.05, 0.1) is 5.69 Å². The zero-order valence-electron chi connectivity index (χ0n) is 13.6. The largest absolute Gasteiger partial charge is 0.573 e. The Morgan fingerprint density at radius 1 is 1.00 bits per heavy atom. The molecular formula is C17H26F3NO. The summed E-state index contributed by atoms with van der Waals surface area (Å²) in [5, 5.41) is 3.28. The molecule has 0 amide bonds. The number of unbranched alkanes of at least 4 members (excludes halogenated alkanes) is 2. The van der Waals surface area contributed by atoms with Crippen molar-refractivity contribution in [2.24, 2.45) is 0 Å². The van der Waals surface area contributed by atoms with Crippen LogP contribution in [0.3, 0.4) is 0 Å². The van der Waals surface area contributed by atoms with Gasteiger partial charge in [0.1, 0.15) is 0 Å². The molecular weight excluding hydrogens is 291 g/mol. The molecule has 1 atom stereocenters. The number of rotatable bonds is 9. The maximum absolute atomic E-state index is 12.5. The van der Waals surface area contributed by atoms with Crippen molar-refractivity contribution in [2.75, 3.05) is 5.32 Å². The van der Waals surface area contributed by atoms with E-state index < -0.39 is 6.36 Å². The number of ether oxygens (including phenoxy) is 1. The second-order valence-corrected chi connectivity index (χ2v) is 5.94. The zero-order valence-corrected chi connectivity index (χ0v) is 13.6. The topological polar surface area (TPSA) is 21.3 Å². The first-order valence-electron chi connectivity index (χ1n) is 7.92. The molecule has 0 aliphatic carbocycles. The number of benzene rings is 1. The summed E-state index contributed by atoms with van der Waals surface area (Å²) in [5.41, 5.74) is 0.168. The van der Waals surface area contributed by atoms with E-state index in [-0.39, 0.29) is 11.3 Å². The second kappa shape index (κ2) is 8.30. The Morgan fingerprint density at radius 3 is 2.27 bits per heavy atom. The number of hydrogen-bond donors (Lipinski definition) is 1. The minimum absolute atomic E-state index is 0.173. The number of hydrogen-bond acceptors (Lipinski definition) is 2. The Labute approximate surface area is 131 Å². The van der Waals surface area contributed by atoms with Crippen molar-refractivity contribution >= 4 is 5.69 Å². The molecule has 2 nitrogen and oxygen atoms in total. The van der Waals surface area contributed by atoms with Crippen LogP contribution in [-0.4, -0.2) is 11.9 Å². The molecule has 126 valence electrons. The van der Waals surface area contributed by atoms with Gasteiger partial charge in [-0.25, -0.2) is 0 Å². The minimum Gasteiger partial charge on any atom is -0.404 e. The number of anilines is 1. The molecule has 1 rings (SSSR count). The van der Waals surface area contributed by atoms with Gasteiger partial charge in [-0.1, -0.05) is 51.7 Å². The summed E-state index contributed by atoms with van der Waals surface area (Å²) in [5.74, 6) is -0.173. The minimum atomic E-state index is -4.68. The summed E-state index contributed by atoms with van der Waals surface area (Å²) < 4.78 is 41.6. The quantitative estimate of drug-likeness (QED) is 0.553. The van der Waals surface area contributed by atoms with Crippen molar-refractivity contribution in [3.8, 4) is 5.75 Å². The Kier molecular flexibility index (Phi) is 7.04. The third kappa shape index (κ3) is 6.58. The van der Waals surface area contributed by atoms with E-state index in [0.29, 0.717) is 5.69 Å². The van der Waals surface area contributed by atoms with Crippen LogP contribution in [-0.2, 0) is 0 Å². The van der Waals surface area contributed by atoms with Crippen LogP contribution in [0.2, 0.25) is 0 Å². The van der Waals surface area contributed by atoms with Crippen molar-refractivity contribution < 1.29 is 17.9 Å². The van der Waals surface area contributed by atoms with Gasteiger partial charge in [-0.05, 0) is 31.9 Å². The Bertz CT molecular complexity index is 448. The van der Waals surface area contributed by atoms with Crippen LogP contribution in [0.1, 0.15) is 59.3 Å². The first-order chi connectivity index (χ1) is 10.3. The standard InChI is InChI=1S/C17H26F3NO/c1-4-6-9-13-16(3,12-5-2)21-14-10-7-8-11-15(14)22-17(18,19)20/h7-8,10-11,21H,4-6,9,12-13H2,1-3H3. The molecule has 1 N–H and O–H groups in total. The fourth-order valence-corrected chi connectivity index (χ4v) is 2.68. The van der Waals surface area contributed by atoms with E-state index in [1.165, 1.54) is 6.07 Å². The van der Waals surface area contributed by atoms with E-state index in [9.17, 15) is 13.2 Å². The number of nitrogens with one attached hydrogen (secondary N) is 1.